The molecule has 0 fully saturated rings. The Morgan fingerprint density at radius 1 is 0.889 bits per heavy atom. The Morgan fingerprint density at radius 3 is 2.44 bits per heavy atom. The van der Waals surface area contributed by atoms with Crippen LogP contribution in [0.4, 0.5) is 4.39 Å². The van der Waals surface area contributed by atoms with Crippen LogP contribution in [0, 0.1) is 5.82 Å². The number of aromatic nitrogens is 1. The van der Waals surface area contributed by atoms with Crippen LogP contribution in [0.15, 0.2) is 60.8 Å². The van der Waals surface area contributed by atoms with Crippen LogP contribution >= 0.6 is 0 Å². The first-order valence-electron chi connectivity index (χ1n) is 5.64. The number of hydrogen-bond acceptors (Lipinski definition) is 1. The van der Waals surface area contributed by atoms with Crippen LogP contribution in [-0.2, 0) is 0 Å². The van der Waals surface area contributed by atoms with Crippen LogP contribution in [0.2, 0.25) is 0 Å². The van der Waals surface area contributed by atoms with Crippen molar-refractivity contribution in [1.29, 1.82) is 0 Å². The van der Waals surface area contributed by atoms with E-state index in [-0.39, 0.29) is 5.82 Å². The summed E-state index contributed by atoms with van der Waals surface area (Å²) in [7, 11) is 0. The number of rotatable bonds is 1. The van der Waals surface area contributed by atoms with Crippen molar-refractivity contribution >= 4 is 10.9 Å². The quantitative estimate of drug-likeness (QED) is 0.512. The Hall–Kier alpha value is -2.42. The molecule has 0 amide bonds. The highest BCUT2D eigenvalue weighted by Crippen LogP contribution is 2.26. The summed E-state index contributed by atoms with van der Waals surface area (Å²) in [5.74, 6) is -0.254. The summed E-state index contributed by atoms with van der Waals surface area (Å²) < 4.78 is 14.0. The average molecular weight is 240 g/mol. The van der Waals surface area contributed by atoms with Crippen molar-refractivity contribution < 1.29 is 14.3 Å². The summed E-state index contributed by atoms with van der Waals surface area (Å²) in [5.41, 5.74) is 2.61. The van der Waals surface area contributed by atoms with Crippen molar-refractivity contribution in [3.63, 3.8) is 0 Å². The van der Waals surface area contributed by atoms with Crippen LogP contribution < -0.4 is 4.73 Å². The van der Waals surface area contributed by atoms with Gasteiger partial charge in [0, 0.05) is 16.9 Å². The third-order valence-corrected chi connectivity index (χ3v) is 2.98. The Morgan fingerprint density at radius 2 is 1.67 bits per heavy atom. The lowest BCUT2D eigenvalue weighted by Crippen LogP contribution is -2.29. The molecule has 0 aliphatic heterocycles. The normalized spacial score (nSPS) is 10.7. The van der Waals surface area contributed by atoms with Gasteiger partial charge in [-0.05, 0) is 29.3 Å². The summed E-state index contributed by atoms with van der Waals surface area (Å²) in [6.07, 6.45) is 1.58. The fourth-order valence-corrected chi connectivity index (χ4v) is 2.11. The van der Waals surface area contributed by atoms with E-state index in [2.05, 4.69) is 0 Å². The molecule has 0 aliphatic carbocycles. The van der Waals surface area contributed by atoms with Crippen LogP contribution in [-0.4, -0.2) is 5.21 Å². The molecule has 3 rings (SSSR count). The van der Waals surface area contributed by atoms with Gasteiger partial charge in [0.05, 0.1) is 5.39 Å². The molecule has 1 aromatic heterocycles. The van der Waals surface area contributed by atoms with E-state index in [9.17, 15) is 9.60 Å². The topological polar surface area (TPSA) is 24.1 Å². The van der Waals surface area contributed by atoms with Gasteiger partial charge in [-0.2, -0.15) is 0 Å². The fourth-order valence-electron chi connectivity index (χ4n) is 2.11. The molecule has 0 bridgehead atoms. The zero-order chi connectivity index (χ0) is 12.5. The van der Waals surface area contributed by atoms with Crippen molar-refractivity contribution in [2.75, 3.05) is 0 Å². The molecule has 3 aromatic rings. The number of benzene rings is 2. The van der Waals surface area contributed by atoms with Crippen LogP contribution in [0.1, 0.15) is 0 Å². The highest BCUT2D eigenvalue weighted by Gasteiger charge is 2.11. The van der Waals surface area contributed by atoms with Gasteiger partial charge in [-0.1, -0.05) is 24.3 Å². The SMILES string of the molecule is O[n+]1cccc2c(-c3ccc(F)cc3)cccc21. The van der Waals surface area contributed by atoms with Gasteiger partial charge in [-0.25, -0.2) is 4.39 Å². The minimum Gasteiger partial charge on any atom is -0.285 e. The summed E-state index contributed by atoms with van der Waals surface area (Å²) in [6.45, 7) is 0. The monoisotopic (exact) mass is 240 g/mol. The van der Waals surface area contributed by atoms with Gasteiger partial charge in [0.25, 0.3) is 5.52 Å². The van der Waals surface area contributed by atoms with E-state index in [1.54, 1.807) is 24.4 Å². The van der Waals surface area contributed by atoms with E-state index in [1.165, 1.54) is 12.1 Å². The van der Waals surface area contributed by atoms with E-state index in [0.29, 0.717) is 0 Å². The zero-order valence-electron chi connectivity index (χ0n) is 9.55. The van der Waals surface area contributed by atoms with Crippen molar-refractivity contribution in [3.8, 4) is 11.1 Å². The maximum absolute atomic E-state index is 12.9. The maximum atomic E-state index is 12.9. The number of fused-ring (bicyclic) bond motifs is 1. The molecule has 1 N–H and O–H groups in total. The number of pyridine rings is 1. The average Bonchev–Trinajstić information content (AvgIpc) is 2.40. The molecule has 88 valence electrons. The van der Waals surface area contributed by atoms with Gasteiger partial charge in [0.2, 0.25) is 6.20 Å². The minimum absolute atomic E-state index is 0.254. The number of hydrogen-bond donors (Lipinski definition) is 1. The first-order valence-corrected chi connectivity index (χ1v) is 5.64. The van der Waals surface area contributed by atoms with Gasteiger partial charge in [0.1, 0.15) is 5.82 Å². The van der Waals surface area contributed by atoms with E-state index in [4.69, 9.17) is 0 Å². The van der Waals surface area contributed by atoms with Crippen molar-refractivity contribution in [3.05, 3.63) is 66.6 Å². The zero-order valence-corrected chi connectivity index (χ0v) is 9.55. The Bertz CT molecular complexity index is 707. The summed E-state index contributed by atoms with van der Waals surface area (Å²) in [6, 6.07) is 15.7. The fraction of sp³-hybridized carbons (Fsp3) is 0. The van der Waals surface area contributed by atoms with Crippen molar-refractivity contribution in [2.24, 2.45) is 0 Å². The second-order valence-corrected chi connectivity index (χ2v) is 4.10. The largest absolute Gasteiger partial charge is 0.285 e. The molecule has 2 nitrogen and oxygen atoms in total. The molecule has 0 radical (unpaired) electrons. The van der Waals surface area contributed by atoms with E-state index >= 15 is 0 Å². The van der Waals surface area contributed by atoms with Gasteiger partial charge in [-0.15, -0.1) is 0 Å². The predicted molar refractivity (Wildman–Crippen MR) is 66.7 cm³/mol. The lowest BCUT2D eigenvalue weighted by Gasteiger charge is -2.04. The molecule has 0 atom stereocenters. The molecule has 18 heavy (non-hydrogen) atoms. The summed E-state index contributed by atoms with van der Waals surface area (Å²) >= 11 is 0. The predicted octanol–water partition coefficient (Wildman–Crippen LogP) is 3.17. The molecule has 2 aromatic carbocycles. The second kappa shape index (κ2) is 4.11. The molecule has 1 heterocycles. The van der Waals surface area contributed by atoms with E-state index < -0.39 is 0 Å². The van der Waals surface area contributed by atoms with E-state index in [0.717, 1.165) is 26.8 Å². The minimum atomic E-state index is -0.254. The van der Waals surface area contributed by atoms with Gasteiger partial charge >= 0.3 is 0 Å². The molecule has 3 heteroatoms. The standard InChI is InChI=1S/C15H11FNO/c16-12-8-6-11(7-9-12)13-3-1-5-15-14(13)4-2-10-17(15)18/h1-10,18H/q+1. The lowest BCUT2D eigenvalue weighted by molar-refractivity contribution is -0.884. The number of halogens is 1. The molecular weight excluding hydrogens is 229 g/mol. The smallest absolute Gasteiger partial charge is 0.265 e. The summed E-state index contributed by atoms with van der Waals surface area (Å²) in [5, 5.41) is 10.7. The molecular formula is C15H11FNO+. The Labute approximate surface area is 104 Å². The van der Waals surface area contributed by atoms with Gasteiger partial charge in [-0.3, -0.25) is 5.21 Å². The molecule has 0 spiro atoms. The highest BCUT2D eigenvalue weighted by molar-refractivity contribution is 5.92. The number of nitrogens with zero attached hydrogens (tertiary/aromatic N) is 1. The third-order valence-electron chi connectivity index (χ3n) is 2.98. The van der Waals surface area contributed by atoms with Gasteiger partial charge in [0.15, 0.2) is 0 Å². The Kier molecular flexibility index (Phi) is 2.45. The maximum Gasteiger partial charge on any atom is 0.265 e. The van der Waals surface area contributed by atoms with Crippen molar-refractivity contribution in [1.82, 2.24) is 0 Å². The van der Waals surface area contributed by atoms with Crippen LogP contribution in [0.5, 0.6) is 0 Å². The first-order chi connectivity index (χ1) is 8.75. The van der Waals surface area contributed by atoms with Crippen LogP contribution in [0.25, 0.3) is 22.0 Å². The molecule has 0 aliphatic rings. The second-order valence-electron chi connectivity index (χ2n) is 4.10. The van der Waals surface area contributed by atoms with Crippen molar-refractivity contribution in [2.45, 2.75) is 0 Å². The molecule has 0 unspecified atom stereocenters. The first kappa shape index (κ1) is 10.7. The van der Waals surface area contributed by atoms with E-state index in [1.807, 2.05) is 24.3 Å². The third kappa shape index (κ3) is 1.70. The molecule has 0 saturated heterocycles. The lowest BCUT2D eigenvalue weighted by atomic mass is 10.0. The van der Waals surface area contributed by atoms with Gasteiger partial charge < -0.3 is 0 Å². The van der Waals surface area contributed by atoms with Crippen LogP contribution in [0.3, 0.4) is 0 Å². The highest BCUT2D eigenvalue weighted by atomic mass is 19.1. The summed E-state index contributed by atoms with van der Waals surface area (Å²) in [4.78, 5) is 0. The Balaban J connectivity index is 2.29. The molecule has 0 saturated carbocycles.